The number of hydrogen-bond acceptors (Lipinski definition) is 3. The summed E-state index contributed by atoms with van der Waals surface area (Å²) in [6, 6.07) is 3.16. The molecule has 94 valence electrons. The molecule has 0 saturated carbocycles. The third-order valence-electron chi connectivity index (χ3n) is 4.34. The van der Waals surface area contributed by atoms with E-state index in [1.807, 2.05) is 0 Å². The number of nitrogens with one attached hydrogen (secondary N) is 1. The van der Waals surface area contributed by atoms with Crippen molar-refractivity contribution in [2.24, 2.45) is 0 Å². The molecule has 0 aliphatic carbocycles. The maximum absolute atomic E-state index is 3.47. The van der Waals surface area contributed by atoms with Crippen molar-refractivity contribution in [1.29, 1.82) is 0 Å². The Hall–Kier alpha value is -0.120. The van der Waals surface area contributed by atoms with Crippen molar-refractivity contribution in [1.82, 2.24) is 15.1 Å². The van der Waals surface area contributed by atoms with Crippen LogP contribution < -0.4 is 5.32 Å². The molecule has 3 atom stereocenters. The molecule has 1 N–H and O–H groups in total. The Morgan fingerprint density at radius 2 is 1.81 bits per heavy atom. The van der Waals surface area contributed by atoms with Gasteiger partial charge in [0, 0.05) is 30.7 Å². The summed E-state index contributed by atoms with van der Waals surface area (Å²) in [6.45, 7) is 3.59. The first-order valence-electron chi connectivity index (χ1n) is 6.71. The van der Waals surface area contributed by atoms with Gasteiger partial charge < -0.3 is 10.2 Å². The maximum Gasteiger partial charge on any atom is 0.0200 e. The number of rotatable bonds is 4. The van der Waals surface area contributed by atoms with Gasteiger partial charge in [-0.3, -0.25) is 4.90 Å². The lowest BCUT2D eigenvalue weighted by Gasteiger charge is -2.43. The number of piperidine rings is 1. The maximum atomic E-state index is 3.47. The number of fused-ring (bicyclic) bond motifs is 2. The average molecular weight is 225 g/mol. The molecule has 0 aromatic heterocycles. The SMILES string of the molecule is CNC1CC2CCC(C1)N2C(C)CN(C)C. The molecule has 2 aliphatic rings. The third kappa shape index (κ3) is 2.41. The molecular weight excluding hydrogens is 198 g/mol. The van der Waals surface area contributed by atoms with Crippen LogP contribution in [0.1, 0.15) is 32.6 Å². The zero-order valence-corrected chi connectivity index (χ0v) is 11.2. The standard InChI is InChI=1S/C13H27N3/c1-10(9-15(3)4)16-12-5-6-13(16)8-11(7-12)14-2/h10-14H,5-9H2,1-4H3. The van der Waals surface area contributed by atoms with Gasteiger partial charge in [0.2, 0.25) is 0 Å². The van der Waals surface area contributed by atoms with Crippen LogP contribution in [-0.4, -0.2) is 61.7 Å². The van der Waals surface area contributed by atoms with Crippen LogP contribution in [-0.2, 0) is 0 Å². The largest absolute Gasteiger partial charge is 0.317 e. The van der Waals surface area contributed by atoms with Crippen molar-refractivity contribution in [3.05, 3.63) is 0 Å². The van der Waals surface area contributed by atoms with E-state index in [-0.39, 0.29) is 0 Å². The third-order valence-corrected chi connectivity index (χ3v) is 4.34. The molecule has 2 saturated heterocycles. The van der Waals surface area contributed by atoms with Gasteiger partial charge in [0.15, 0.2) is 0 Å². The van der Waals surface area contributed by atoms with Crippen LogP contribution >= 0.6 is 0 Å². The predicted molar refractivity (Wildman–Crippen MR) is 68.7 cm³/mol. The van der Waals surface area contributed by atoms with E-state index in [2.05, 4.69) is 43.2 Å². The van der Waals surface area contributed by atoms with Crippen LogP contribution in [0, 0.1) is 0 Å². The Morgan fingerprint density at radius 3 is 2.25 bits per heavy atom. The summed E-state index contributed by atoms with van der Waals surface area (Å²) in [5.41, 5.74) is 0. The molecule has 0 aromatic rings. The monoisotopic (exact) mass is 225 g/mol. The minimum Gasteiger partial charge on any atom is -0.317 e. The fourth-order valence-electron chi connectivity index (χ4n) is 3.79. The summed E-state index contributed by atoms with van der Waals surface area (Å²) >= 11 is 0. The van der Waals surface area contributed by atoms with Crippen molar-refractivity contribution in [3.8, 4) is 0 Å². The van der Waals surface area contributed by atoms with Crippen molar-refractivity contribution in [2.75, 3.05) is 27.7 Å². The molecule has 2 heterocycles. The van der Waals surface area contributed by atoms with E-state index in [1.54, 1.807) is 0 Å². The highest BCUT2D eigenvalue weighted by Gasteiger charge is 2.42. The second kappa shape index (κ2) is 5.03. The molecule has 16 heavy (non-hydrogen) atoms. The quantitative estimate of drug-likeness (QED) is 0.774. The van der Waals surface area contributed by atoms with Gasteiger partial charge in [-0.2, -0.15) is 0 Å². The van der Waals surface area contributed by atoms with Crippen molar-refractivity contribution in [3.63, 3.8) is 0 Å². The van der Waals surface area contributed by atoms with Crippen LogP contribution in [0.5, 0.6) is 0 Å². The highest BCUT2D eigenvalue weighted by molar-refractivity contribution is 4.99. The molecule has 2 fully saturated rings. The molecule has 3 heteroatoms. The van der Waals surface area contributed by atoms with E-state index < -0.39 is 0 Å². The van der Waals surface area contributed by atoms with Gasteiger partial charge in [0.25, 0.3) is 0 Å². The van der Waals surface area contributed by atoms with Crippen LogP contribution in [0.4, 0.5) is 0 Å². The highest BCUT2D eigenvalue weighted by atomic mass is 15.3. The fraction of sp³-hybridized carbons (Fsp3) is 1.00. The van der Waals surface area contributed by atoms with E-state index in [0.29, 0.717) is 6.04 Å². The predicted octanol–water partition coefficient (Wildman–Crippen LogP) is 1.15. The molecule has 0 amide bonds. The average Bonchev–Trinajstić information content (AvgIpc) is 2.49. The van der Waals surface area contributed by atoms with E-state index in [4.69, 9.17) is 0 Å². The Balaban J connectivity index is 1.97. The Morgan fingerprint density at radius 1 is 1.25 bits per heavy atom. The van der Waals surface area contributed by atoms with E-state index in [1.165, 1.54) is 32.2 Å². The van der Waals surface area contributed by atoms with Crippen LogP contribution in [0.2, 0.25) is 0 Å². The normalized spacial score (nSPS) is 36.9. The second-order valence-electron chi connectivity index (χ2n) is 5.90. The summed E-state index contributed by atoms with van der Waals surface area (Å²) < 4.78 is 0. The lowest BCUT2D eigenvalue weighted by Crippen LogP contribution is -2.53. The van der Waals surface area contributed by atoms with Crippen molar-refractivity contribution in [2.45, 2.75) is 56.8 Å². The summed E-state index contributed by atoms with van der Waals surface area (Å²) in [5, 5.41) is 3.47. The topological polar surface area (TPSA) is 18.5 Å². The van der Waals surface area contributed by atoms with E-state index in [0.717, 1.165) is 18.1 Å². The smallest absolute Gasteiger partial charge is 0.0200 e. The number of hydrogen-bond donors (Lipinski definition) is 1. The lowest BCUT2D eigenvalue weighted by molar-refractivity contribution is 0.0664. The zero-order valence-electron chi connectivity index (χ0n) is 11.2. The molecule has 3 nitrogen and oxygen atoms in total. The molecule has 2 aliphatic heterocycles. The summed E-state index contributed by atoms with van der Waals surface area (Å²) in [4.78, 5) is 5.11. The molecule has 3 unspecified atom stereocenters. The van der Waals surface area contributed by atoms with Gasteiger partial charge in [-0.25, -0.2) is 0 Å². The van der Waals surface area contributed by atoms with Crippen LogP contribution in [0.3, 0.4) is 0 Å². The fourth-order valence-corrected chi connectivity index (χ4v) is 3.79. The Bertz CT molecular complexity index is 215. The minimum absolute atomic E-state index is 0.713. The highest BCUT2D eigenvalue weighted by Crippen LogP contribution is 2.37. The summed E-state index contributed by atoms with van der Waals surface area (Å²) in [5.74, 6) is 0. The number of nitrogens with zero attached hydrogens (tertiary/aromatic N) is 2. The minimum atomic E-state index is 0.713. The molecule has 0 spiro atoms. The van der Waals surface area contributed by atoms with Crippen LogP contribution in [0.15, 0.2) is 0 Å². The first-order chi connectivity index (χ1) is 7.61. The Labute approximate surface area is 100 Å². The molecule has 2 rings (SSSR count). The van der Waals surface area contributed by atoms with Gasteiger partial charge >= 0.3 is 0 Å². The van der Waals surface area contributed by atoms with E-state index in [9.17, 15) is 0 Å². The summed E-state index contributed by atoms with van der Waals surface area (Å²) in [7, 11) is 6.47. The number of likely N-dealkylation sites (N-methyl/N-ethyl adjacent to an activating group) is 1. The van der Waals surface area contributed by atoms with Gasteiger partial charge in [-0.15, -0.1) is 0 Å². The molecular formula is C13H27N3. The molecule has 2 bridgehead atoms. The van der Waals surface area contributed by atoms with Crippen molar-refractivity contribution >= 4 is 0 Å². The molecule has 0 radical (unpaired) electrons. The van der Waals surface area contributed by atoms with Crippen LogP contribution in [0.25, 0.3) is 0 Å². The first kappa shape index (κ1) is 12.3. The van der Waals surface area contributed by atoms with Gasteiger partial charge in [-0.05, 0) is 53.8 Å². The zero-order chi connectivity index (χ0) is 11.7. The first-order valence-corrected chi connectivity index (χ1v) is 6.71. The van der Waals surface area contributed by atoms with Crippen molar-refractivity contribution < 1.29 is 0 Å². The lowest BCUT2D eigenvalue weighted by atomic mass is 9.96. The van der Waals surface area contributed by atoms with E-state index >= 15 is 0 Å². The van der Waals surface area contributed by atoms with Gasteiger partial charge in [0.05, 0.1) is 0 Å². The van der Waals surface area contributed by atoms with Gasteiger partial charge in [0.1, 0.15) is 0 Å². The molecule has 0 aromatic carbocycles. The Kier molecular flexibility index (Phi) is 3.88. The summed E-state index contributed by atoms with van der Waals surface area (Å²) in [6.07, 6.45) is 5.54. The van der Waals surface area contributed by atoms with Gasteiger partial charge in [-0.1, -0.05) is 0 Å². The second-order valence-corrected chi connectivity index (χ2v) is 5.90.